The molecule has 186 valence electrons. The van der Waals surface area contributed by atoms with Gasteiger partial charge in [0.15, 0.2) is 0 Å². The van der Waals surface area contributed by atoms with Gasteiger partial charge in [0.2, 0.25) is 0 Å². The molecular weight excluding hydrogens is 479 g/mol. The zero-order valence-corrected chi connectivity index (χ0v) is 16.5. The molecule has 1 unspecified atom stereocenters. The normalized spacial score (nSPS) is 16.8. The molecule has 0 fully saturated rings. The predicted octanol–water partition coefficient (Wildman–Crippen LogP) is 7.24. The molecule has 0 N–H and O–H groups in total. The van der Waals surface area contributed by atoms with Gasteiger partial charge >= 0.3 is 35.8 Å². The van der Waals surface area contributed by atoms with Gasteiger partial charge in [-0.2, -0.15) is 57.1 Å². The number of aryl methyl sites for hydroxylation is 1. The molecule has 0 bridgehead atoms. The van der Waals surface area contributed by atoms with Gasteiger partial charge in [0.05, 0.1) is 12.0 Å². The Kier molecular flexibility index (Phi) is 7.29. The zero-order valence-electron chi connectivity index (χ0n) is 16.5. The molecule has 1 atom stereocenters. The SMILES string of the molecule is CCc1ccc(C(C)(CC(F)(F)C(F)(F)C(F)(F)C(F)(F)C(F)(F)C(F)(F)F)OC)cc1. The number of hydrogen-bond donors (Lipinski definition) is 0. The van der Waals surface area contributed by atoms with Crippen molar-refractivity contribution in [2.45, 2.75) is 68.1 Å². The summed E-state index contributed by atoms with van der Waals surface area (Å²) in [5.74, 6) is -37.1. The third kappa shape index (κ3) is 4.26. The van der Waals surface area contributed by atoms with Crippen LogP contribution >= 0.6 is 0 Å². The van der Waals surface area contributed by atoms with Crippen LogP contribution in [-0.4, -0.2) is 42.9 Å². The molecule has 0 aliphatic rings. The summed E-state index contributed by atoms with van der Waals surface area (Å²) >= 11 is 0. The molecule has 0 aliphatic carbocycles. The lowest BCUT2D eigenvalue weighted by Gasteiger charge is -2.42. The maximum atomic E-state index is 14.3. The van der Waals surface area contributed by atoms with Gasteiger partial charge in [-0.3, -0.25) is 0 Å². The van der Waals surface area contributed by atoms with E-state index in [0.717, 1.165) is 12.1 Å². The molecular formula is C18H17F13O. The number of rotatable bonds is 9. The Balaban J connectivity index is 3.48. The molecule has 1 aromatic rings. The van der Waals surface area contributed by atoms with Crippen LogP contribution < -0.4 is 0 Å². The molecule has 0 saturated carbocycles. The summed E-state index contributed by atoms with van der Waals surface area (Å²) in [4.78, 5) is 0. The molecule has 32 heavy (non-hydrogen) atoms. The molecule has 0 heterocycles. The van der Waals surface area contributed by atoms with Crippen LogP contribution in [-0.2, 0) is 16.8 Å². The number of alkyl halides is 13. The molecule has 1 rings (SSSR count). The van der Waals surface area contributed by atoms with Crippen molar-refractivity contribution in [3.8, 4) is 0 Å². The molecule has 0 saturated heterocycles. The van der Waals surface area contributed by atoms with E-state index < -0.39 is 47.8 Å². The summed E-state index contributed by atoms with van der Waals surface area (Å²) in [6, 6.07) is 4.83. The summed E-state index contributed by atoms with van der Waals surface area (Å²) in [5, 5.41) is 0. The second kappa shape index (κ2) is 8.24. The molecule has 0 amide bonds. The van der Waals surface area contributed by atoms with Gasteiger partial charge in [0.25, 0.3) is 0 Å². The largest absolute Gasteiger partial charge is 0.460 e. The Morgan fingerprint density at radius 2 is 1.06 bits per heavy atom. The van der Waals surface area contributed by atoms with E-state index in [9.17, 15) is 57.1 Å². The first-order chi connectivity index (χ1) is 14.1. The van der Waals surface area contributed by atoms with Crippen molar-refractivity contribution in [1.82, 2.24) is 0 Å². The van der Waals surface area contributed by atoms with Crippen LogP contribution in [0.15, 0.2) is 24.3 Å². The number of halogens is 13. The van der Waals surface area contributed by atoms with Crippen molar-refractivity contribution in [2.24, 2.45) is 0 Å². The minimum atomic E-state index is -7.92. The van der Waals surface area contributed by atoms with Gasteiger partial charge in [-0.05, 0) is 24.5 Å². The van der Waals surface area contributed by atoms with E-state index in [1.54, 1.807) is 6.92 Å². The van der Waals surface area contributed by atoms with Crippen LogP contribution in [0.5, 0.6) is 0 Å². The number of methoxy groups -OCH3 is 1. The van der Waals surface area contributed by atoms with E-state index in [2.05, 4.69) is 4.74 Å². The standard InChI is InChI=1S/C18H17F13O/c1-4-10-5-7-11(8-6-10)12(2,32-3)9-13(19,20)14(21,22)15(23,24)16(25,26)17(27,28)18(29,30)31/h5-8H,4,9H2,1-3H3. The summed E-state index contributed by atoms with van der Waals surface area (Å²) in [6.07, 6.45) is -9.45. The van der Waals surface area contributed by atoms with Crippen LogP contribution in [0.25, 0.3) is 0 Å². The highest BCUT2D eigenvalue weighted by molar-refractivity contribution is 5.28. The van der Waals surface area contributed by atoms with E-state index in [-0.39, 0.29) is 5.56 Å². The Bertz CT molecular complexity index is 783. The average molecular weight is 496 g/mol. The van der Waals surface area contributed by atoms with E-state index >= 15 is 0 Å². The molecule has 0 aliphatic heterocycles. The average Bonchev–Trinajstić information content (AvgIpc) is 2.66. The van der Waals surface area contributed by atoms with Crippen molar-refractivity contribution in [3.63, 3.8) is 0 Å². The van der Waals surface area contributed by atoms with Crippen LogP contribution in [0.4, 0.5) is 57.1 Å². The second-order valence-electron chi connectivity index (χ2n) is 7.16. The van der Waals surface area contributed by atoms with Crippen molar-refractivity contribution in [1.29, 1.82) is 0 Å². The van der Waals surface area contributed by atoms with Gasteiger partial charge in [0.1, 0.15) is 0 Å². The molecule has 0 aromatic heterocycles. The van der Waals surface area contributed by atoms with E-state index in [1.165, 1.54) is 12.1 Å². The van der Waals surface area contributed by atoms with Gasteiger partial charge in [0, 0.05) is 7.11 Å². The first-order valence-corrected chi connectivity index (χ1v) is 8.66. The fourth-order valence-corrected chi connectivity index (χ4v) is 2.72. The summed E-state index contributed by atoms with van der Waals surface area (Å²) < 4.78 is 177. The Morgan fingerprint density at radius 1 is 0.656 bits per heavy atom. The third-order valence-corrected chi connectivity index (χ3v) is 4.98. The molecule has 1 nitrogen and oxygen atoms in total. The minimum absolute atomic E-state index is 0.302. The summed E-state index contributed by atoms with van der Waals surface area (Å²) in [6.45, 7) is 2.39. The smallest absolute Gasteiger partial charge is 0.374 e. The van der Waals surface area contributed by atoms with E-state index in [0.29, 0.717) is 26.0 Å². The first kappa shape index (κ1) is 28.3. The Labute approximate surface area is 173 Å². The molecule has 1 aromatic carbocycles. The van der Waals surface area contributed by atoms with Gasteiger partial charge in [-0.25, -0.2) is 0 Å². The van der Waals surface area contributed by atoms with Gasteiger partial charge in [-0.1, -0.05) is 31.2 Å². The summed E-state index contributed by atoms with van der Waals surface area (Å²) in [7, 11) is 0.687. The highest BCUT2D eigenvalue weighted by atomic mass is 19.4. The van der Waals surface area contributed by atoms with E-state index in [4.69, 9.17) is 0 Å². The van der Waals surface area contributed by atoms with Crippen molar-refractivity contribution >= 4 is 0 Å². The van der Waals surface area contributed by atoms with Gasteiger partial charge in [-0.15, -0.1) is 0 Å². The van der Waals surface area contributed by atoms with Crippen LogP contribution in [0.2, 0.25) is 0 Å². The first-order valence-electron chi connectivity index (χ1n) is 8.66. The minimum Gasteiger partial charge on any atom is -0.374 e. The fraction of sp³-hybridized carbons (Fsp3) is 0.667. The lowest BCUT2D eigenvalue weighted by Crippen LogP contribution is -2.70. The molecule has 14 heteroatoms. The van der Waals surface area contributed by atoms with Crippen molar-refractivity contribution in [2.75, 3.05) is 7.11 Å². The maximum Gasteiger partial charge on any atom is 0.460 e. The zero-order chi connectivity index (χ0) is 25.6. The highest BCUT2D eigenvalue weighted by Gasteiger charge is 2.90. The summed E-state index contributed by atoms with van der Waals surface area (Å²) in [5.41, 5.74) is -2.22. The Morgan fingerprint density at radius 3 is 1.41 bits per heavy atom. The molecule has 0 radical (unpaired) electrons. The monoisotopic (exact) mass is 496 g/mol. The van der Waals surface area contributed by atoms with E-state index in [1.807, 2.05) is 0 Å². The Hall–Kier alpha value is -1.73. The van der Waals surface area contributed by atoms with Gasteiger partial charge < -0.3 is 4.74 Å². The number of benzene rings is 1. The molecule has 0 spiro atoms. The predicted molar refractivity (Wildman–Crippen MR) is 85.6 cm³/mol. The van der Waals surface area contributed by atoms with Crippen molar-refractivity contribution < 1.29 is 61.8 Å². The lowest BCUT2D eigenvalue weighted by atomic mass is 9.84. The fourth-order valence-electron chi connectivity index (χ4n) is 2.72. The number of ether oxygens (including phenoxy) is 1. The topological polar surface area (TPSA) is 9.23 Å². The number of hydrogen-bond acceptors (Lipinski definition) is 1. The van der Waals surface area contributed by atoms with Crippen molar-refractivity contribution in [3.05, 3.63) is 35.4 Å². The third-order valence-electron chi connectivity index (χ3n) is 4.98. The maximum absolute atomic E-state index is 14.3. The van der Waals surface area contributed by atoms with Crippen LogP contribution in [0, 0.1) is 0 Å². The van der Waals surface area contributed by atoms with Crippen LogP contribution in [0.1, 0.15) is 31.4 Å². The lowest BCUT2D eigenvalue weighted by molar-refractivity contribution is -0.441. The second-order valence-corrected chi connectivity index (χ2v) is 7.16. The van der Waals surface area contributed by atoms with Crippen LogP contribution in [0.3, 0.4) is 0 Å². The quantitative estimate of drug-likeness (QED) is 0.328. The highest BCUT2D eigenvalue weighted by Crippen LogP contribution is 2.61.